The van der Waals surface area contributed by atoms with E-state index in [1.165, 1.54) is 0 Å². The Labute approximate surface area is 211 Å². The number of rotatable bonds is 5. The van der Waals surface area contributed by atoms with Crippen molar-refractivity contribution >= 4 is 40.1 Å². The molecule has 184 valence electrons. The maximum Gasteiger partial charge on any atom is 0.408 e. The molecule has 35 heavy (non-hydrogen) atoms. The van der Waals surface area contributed by atoms with Gasteiger partial charge in [-0.1, -0.05) is 29.8 Å². The molecule has 2 amide bonds. The fraction of sp³-hybridized carbons (Fsp3) is 0.370. The summed E-state index contributed by atoms with van der Waals surface area (Å²) in [4.78, 5) is 34.3. The van der Waals surface area contributed by atoms with Gasteiger partial charge in [-0.25, -0.2) is 4.79 Å². The summed E-state index contributed by atoms with van der Waals surface area (Å²) in [6, 6.07) is 14.9. The molecule has 0 saturated carbocycles. The molecule has 2 aromatic carbocycles. The smallest absolute Gasteiger partial charge is 0.408 e. The van der Waals surface area contributed by atoms with E-state index in [0.29, 0.717) is 37.6 Å². The Kier molecular flexibility index (Phi) is 7.45. The first-order chi connectivity index (χ1) is 16.7. The van der Waals surface area contributed by atoms with Crippen molar-refractivity contribution in [2.24, 2.45) is 0 Å². The molecule has 0 spiro atoms. The standard InChI is InChI=1S/C27H31ClN4O3/c1-27(2,3)35-26(34)30-24(16-19-4-7-22(28)8-5-19)25(33)32-14-12-31(13-15-32)23-9-6-21-18-29-11-10-20(21)17-23/h4-11,17-18,24H,12-16H2,1-3H3,(H,30,34)/t24-/m1/s1. The maximum absolute atomic E-state index is 13.5. The first-order valence-electron chi connectivity index (χ1n) is 11.8. The van der Waals surface area contributed by atoms with Crippen LogP contribution in [0.2, 0.25) is 5.02 Å². The maximum atomic E-state index is 13.5. The van der Waals surface area contributed by atoms with Crippen LogP contribution >= 0.6 is 11.6 Å². The molecule has 3 aromatic rings. The molecule has 7 nitrogen and oxygen atoms in total. The van der Waals surface area contributed by atoms with Crippen molar-refractivity contribution in [2.75, 3.05) is 31.1 Å². The second-order valence-corrected chi connectivity index (χ2v) is 10.2. The Morgan fingerprint density at radius 1 is 1.03 bits per heavy atom. The normalized spacial score (nSPS) is 15.1. The number of hydrogen-bond donors (Lipinski definition) is 1. The molecule has 0 unspecified atom stereocenters. The zero-order valence-corrected chi connectivity index (χ0v) is 21.1. The molecule has 1 aliphatic rings. The lowest BCUT2D eigenvalue weighted by molar-refractivity contribution is -0.133. The summed E-state index contributed by atoms with van der Waals surface area (Å²) in [5.74, 6) is -0.116. The number of nitrogens with one attached hydrogen (secondary N) is 1. The summed E-state index contributed by atoms with van der Waals surface area (Å²) in [5, 5.41) is 5.65. The van der Waals surface area contributed by atoms with Gasteiger partial charge < -0.3 is 19.9 Å². The number of ether oxygens (including phenoxy) is 1. The van der Waals surface area contributed by atoms with Crippen molar-refractivity contribution in [1.29, 1.82) is 0 Å². The molecule has 1 saturated heterocycles. The number of amides is 2. The monoisotopic (exact) mass is 494 g/mol. The van der Waals surface area contributed by atoms with E-state index in [0.717, 1.165) is 22.0 Å². The fourth-order valence-electron chi connectivity index (χ4n) is 4.18. The van der Waals surface area contributed by atoms with Crippen LogP contribution in [0.5, 0.6) is 0 Å². The van der Waals surface area contributed by atoms with E-state index in [1.807, 2.05) is 29.3 Å². The van der Waals surface area contributed by atoms with Gasteiger partial charge in [0.15, 0.2) is 0 Å². The van der Waals surface area contributed by atoms with Crippen LogP contribution in [0.3, 0.4) is 0 Å². The third-order valence-electron chi connectivity index (χ3n) is 5.92. The molecule has 1 aromatic heterocycles. The summed E-state index contributed by atoms with van der Waals surface area (Å²) in [5.41, 5.74) is 1.38. The molecule has 2 heterocycles. The highest BCUT2D eigenvalue weighted by Gasteiger charge is 2.30. The van der Waals surface area contributed by atoms with Crippen molar-refractivity contribution in [3.05, 3.63) is 71.5 Å². The first-order valence-corrected chi connectivity index (χ1v) is 12.2. The summed E-state index contributed by atoms with van der Waals surface area (Å²) in [6.07, 6.45) is 3.40. The molecule has 1 fully saturated rings. The second-order valence-electron chi connectivity index (χ2n) is 9.75. The van der Waals surface area contributed by atoms with Crippen LogP contribution < -0.4 is 10.2 Å². The highest BCUT2D eigenvalue weighted by molar-refractivity contribution is 6.30. The number of anilines is 1. The SMILES string of the molecule is CC(C)(C)OC(=O)N[C@H](Cc1ccc(Cl)cc1)C(=O)N1CCN(c2ccc3cnccc3c2)CC1. The number of alkyl carbamates (subject to hydrolysis) is 1. The van der Waals surface area contributed by atoms with E-state index < -0.39 is 17.7 Å². The van der Waals surface area contributed by atoms with E-state index in [4.69, 9.17) is 16.3 Å². The molecule has 1 aliphatic heterocycles. The lowest BCUT2D eigenvalue weighted by Crippen LogP contribution is -2.56. The third kappa shape index (κ3) is 6.63. The number of piperazine rings is 1. The van der Waals surface area contributed by atoms with Gasteiger partial charge in [0.05, 0.1) is 0 Å². The summed E-state index contributed by atoms with van der Waals surface area (Å²) < 4.78 is 5.42. The number of carbonyl (C=O) groups excluding carboxylic acids is 2. The Bertz CT molecular complexity index is 1190. The van der Waals surface area contributed by atoms with Crippen molar-refractivity contribution < 1.29 is 14.3 Å². The molecular formula is C27H31ClN4O3. The van der Waals surface area contributed by atoms with Gasteiger partial charge >= 0.3 is 6.09 Å². The fourth-order valence-corrected chi connectivity index (χ4v) is 4.30. The first kappa shape index (κ1) is 24.8. The minimum atomic E-state index is -0.731. The van der Waals surface area contributed by atoms with E-state index >= 15 is 0 Å². The van der Waals surface area contributed by atoms with Crippen LogP contribution in [0.15, 0.2) is 60.9 Å². The third-order valence-corrected chi connectivity index (χ3v) is 6.17. The number of aromatic nitrogens is 1. The summed E-state index contributed by atoms with van der Waals surface area (Å²) >= 11 is 6.01. The van der Waals surface area contributed by atoms with E-state index in [1.54, 1.807) is 39.1 Å². The topological polar surface area (TPSA) is 74.8 Å². The summed E-state index contributed by atoms with van der Waals surface area (Å²) in [7, 11) is 0. The number of nitrogens with zero attached hydrogens (tertiary/aromatic N) is 3. The van der Waals surface area contributed by atoms with Crippen LogP contribution in [-0.4, -0.2) is 59.7 Å². The van der Waals surface area contributed by atoms with Crippen molar-refractivity contribution in [2.45, 2.75) is 38.8 Å². The van der Waals surface area contributed by atoms with Crippen molar-refractivity contribution in [3.63, 3.8) is 0 Å². The molecule has 1 N–H and O–H groups in total. The highest BCUT2D eigenvalue weighted by atomic mass is 35.5. The van der Waals surface area contributed by atoms with Crippen LogP contribution in [-0.2, 0) is 16.0 Å². The number of hydrogen-bond acceptors (Lipinski definition) is 5. The van der Waals surface area contributed by atoms with Gasteiger partial charge in [-0.05, 0) is 62.1 Å². The van der Waals surface area contributed by atoms with Crippen LogP contribution in [0.25, 0.3) is 10.8 Å². The Morgan fingerprint density at radius 2 is 1.74 bits per heavy atom. The van der Waals surface area contributed by atoms with E-state index in [-0.39, 0.29) is 5.91 Å². The second kappa shape index (κ2) is 10.5. The quantitative estimate of drug-likeness (QED) is 0.557. The minimum Gasteiger partial charge on any atom is -0.444 e. The molecular weight excluding hydrogens is 464 g/mol. The number of benzene rings is 2. The number of carbonyl (C=O) groups is 2. The largest absolute Gasteiger partial charge is 0.444 e. The van der Waals surface area contributed by atoms with E-state index in [2.05, 4.69) is 33.4 Å². The molecule has 8 heteroatoms. The predicted octanol–water partition coefficient (Wildman–Crippen LogP) is 4.67. The number of pyridine rings is 1. The van der Waals surface area contributed by atoms with Gasteiger partial charge in [-0.2, -0.15) is 0 Å². The van der Waals surface area contributed by atoms with Gasteiger partial charge in [0, 0.05) is 61.1 Å². The highest BCUT2D eigenvalue weighted by Crippen LogP contribution is 2.23. The Morgan fingerprint density at radius 3 is 2.43 bits per heavy atom. The Balaban J connectivity index is 1.43. The van der Waals surface area contributed by atoms with Gasteiger partial charge in [-0.3, -0.25) is 9.78 Å². The van der Waals surface area contributed by atoms with Crippen LogP contribution in [0, 0.1) is 0 Å². The zero-order valence-electron chi connectivity index (χ0n) is 20.3. The molecule has 0 bridgehead atoms. The van der Waals surface area contributed by atoms with Crippen molar-refractivity contribution in [1.82, 2.24) is 15.2 Å². The predicted molar refractivity (Wildman–Crippen MR) is 139 cm³/mol. The molecule has 0 aliphatic carbocycles. The summed E-state index contributed by atoms with van der Waals surface area (Å²) in [6.45, 7) is 7.95. The van der Waals surface area contributed by atoms with Crippen LogP contribution in [0.1, 0.15) is 26.3 Å². The van der Waals surface area contributed by atoms with Crippen molar-refractivity contribution in [3.8, 4) is 0 Å². The molecule has 4 rings (SSSR count). The zero-order chi connectivity index (χ0) is 25.0. The Hall–Kier alpha value is -3.32. The van der Waals surface area contributed by atoms with Crippen LogP contribution in [0.4, 0.5) is 10.5 Å². The lowest BCUT2D eigenvalue weighted by atomic mass is 10.0. The lowest BCUT2D eigenvalue weighted by Gasteiger charge is -2.38. The van der Waals surface area contributed by atoms with Gasteiger partial charge in [0.2, 0.25) is 5.91 Å². The molecule has 0 radical (unpaired) electrons. The number of fused-ring (bicyclic) bond motifs is 1. The average molecular weight is 495 g/mol. The van der Waals surface area contributed by atoms with E-state index in [9.17, 15) is 9.59 Å². The molecule has 1 atom stereocenters. The van der Waals surface area contributed by atoms with Gasteiger partial charge in [-0.15, -0.1) is 0 Å². The minimum absolute atomic E-state index is 0.116. The number of halogens is 1. The van der Waals surface area contributed by atoms with Gasteiger partial charge in [0.25, 0.3) is 0 Å². The van der Waals surface area contributed by atoms with Gasteiger partial charge in [0.1, 0.15) is 11.6 Å². The average Bonchev–Trinajstić information content (AvgIpc) is 2.83.